The largest absolute Gasteiger partial charge is 0.496 e. The predicted molar refractivity (Wildman–Crippen MR) is 162 cm³/mol. The summed E-state index contributed by atoms with van der Waals surface area (Å²) in [5, 5.41) is 12.5. The van der Waals surface area contributed by atoms with E-state index in [1.807, 2.05) is 98.8 Å². The number of nitrogens with zero attached hydrogens (tertiary/aromatic N) is 3. The van der Waals surface area contributed by atoms with E-state index in [-0.39, 0.29) is 5.91 Å². The van der Waals surface area contributed by atoms with Gasteiger partial charge in [0, 0.05) is 12.2 Å². The van der Waals surface area contributed by atoms with Gasteiger partial charge in [0.25, 0.3) is 0 Å². The van der Waals surface area contributed by atoms with E-state index < -0.39 is 5.25 Å². The van der Waals surface area contributed by atoms with Gasteiger partial charge in [-0.25, -0.2) is 0 Å². The highest BCUT2D eigenvalue weighted by Crippen LogP contribution is 2.38. The number of aryl methyl sites for hydroxylation is 3. The highest BCUT2D eigenvalue weighted by atomic mass is 32.2. The zero-order valence-electron chi connectivity index (χ0n) is 22.9. The molecule has 4 aromatic carbocycles. The van der Waals surface area contributed by atoms with E-state index in [9.17, 15) is 4.79 Å². The van der Waals surface area contributed by atoms with Crippen LogP contribution in [0.3, 0.4) is 0 Å². The van der Waals surface area contributed by atoms with Crippen molar-refractivity contribution in [3.63, 3.8) is 0 Å². The Morgan fingerprint density at radius 2 is 1.52 bits per heavy atom. The molecule has 202 valence electrons. The number of carbonyl (C=O) groups excluding carboxylic acids is 1. The van der Waals surface area contributed by atoms with E-state index in [0.29, 0.717) is 17.5 Å². The third-order valence-electron chi connectivity index (χ3n) is 6.58. The van der Waals surface area contributed by atoms with Crippen molar-refractivity contribution in [1.82, 2.24) is 14.8 Å². The molecule has 1 N–H and O–H groups in total. The monoisotopic (exact) mass is 548 g/mol. The Hall–Kier alpha value is -4.36. The lowest BCUT2D eigenvalue weighted by Crippen LogP contribution is -2.20. The van der Waals surface area contributed by atoms with Gasteiger partial charge in [0.2, 0.25) is 5.91 Å². The molecule has 7 heteroatoms. The molecule has 0 unspecified atom stereocenters. The topological polar surface area (TPSA) is 69.0 Å². The minimum Gasteiger partial charge on any atom is -0.496 e. The third kappa shape index (κ3) is 6.43. The Balaban J connectivity index is 1.52. The lowest BCUT2D eigenvalue weighted by molar-refractivity contribution is -0.115. The summed E-state index contributed by atoms with van der Waals surface area (Å²) in [7, 11) is 1.65. The van der Waals surface area contributed by atoms with Crippen LogP contribution in [-0.2, 0) is 17.8 Å². The molecule has 6 nitrogen and oxygen atoms in total. The number of amides is 1. The first-order chi connectivity index (χ1) is 19.5. The fraction of sp³-hybridized carbons (Fsp3) is 0.182. The molecular formula is C33H32N4O2S. The summed E-state index contributed by atoms with van der Waals surface area (Å²) in [6, 6.07) is 34.0. The molecule has 1 atom stereocenters. The van der Waals surface area contributed by atoms with E-state index in [4.69, 9.17) is 4.74 Å². The van der Waals surface area contributed by atoms with Crippen LogP contribution in [0.15, 0.2) is 108 Å². The van der Waals surface area contributed by atoms with Gasteiger partial charge in [0.05, 0.1) is 12.7 Å². The summed E-state index contributed by atoms with van der Waals surface area (Å²) in [5.41, 5.74) is 5.94. The average Bonchev–Trinajstić information content (AvgIpc) is 3.37. The van der Waals surface area contributed by atoms with Crippen LogP contribution in [-0.4, -0.2) is 27.8 Å². The molecule has 1 aromatic heterocycles. The molecule has 0 bridgehead atoms. The number of hydrogen-bond acceptors (Lipinski definition) is 5. The van der Waals surface area contributed by atoms with Crippen molar-refractivity contribution in [3.05, 3.63) is 125 Å². The number of para-hydroxylation sites is 1. The van der Waals surface area contributed by atoms with Crippen molar-refractivity contribution in [1.29, 1.82) is 0 Å². The van der Waals surface area contributed by atoms with Crippen molar-refractivity contribution >= 4 is 23.4 Å². The van der Waals surface area contributed by atoms with E-state index in [2.05, 4.69) is 38.3 Å². The number of ether oxygens (including phenoxy) is 1. The highest BCUT2D eigenvalue weighted by molar-refractivity contribution is 8.00. The van der Waals surface area contributed by atoms with Crippen LogP contribution in [0.25, 0.3) is 11.4 Å². The molecule has 0 aliphatic rings. The lowest BCUT2D eigenvalue weighted by Gasteiger charge is -2.18. The molecule has 0 radical (unpaired) electrons. The van der Waals surface area contributed by atoms with Crippen LogP contribution >= 0.6 is 11.8 Å². The van der Waals surface area contributed by atoms with Crippen LogP contribution in [0.1, 0.15) is 27.5 Å². The van der Waals surface area contributed by atoms with Gasteiger partial charge < -0.3 is 14.6 Å². The van der Waals surface area contributed by atoms with Crippen molar-refractivity contribution in [2.24, 2.45) is 0 Å². The Labute approximate surface area is 239 Å². The number of thioether (sulfide) groups is 1. The maximum absolute atomic E-state index is 13.8. The molecule has 5 aromatic rings. The second-order valence-corrected chi connectivity index (χ2v) is 10.7. The number of methoxy groups -OCH3 is 1. The summed E-state index contributed by atoms with van der Waals surface area (Å²) < 4.78 is 7.74. The Morgan fingerprint density at radius 3 is 2.23 bits per heavy atom. The van der Waals surface area contributed by atoms with Crippen LogP contribution in [0.4, 0.5) is 5.69 Å². The lowest BCUT2D eigenvalue weighted by atomic mass is 10.1. The molecule has 0 aliphatic heterocycles. The van der Waals surface area contributed by atoms with Gasteiger partial charge in [0.15, 0.2) is 11.0 Å². The first kappa shape index (κ1) is 27.2. The van der Waals surface area contributed by atoms with Gasteiger partial charge in [-0.1, -0.05) is 90.6 Å². The number of anilines is 1. The molecule has 0 spiro atoms. The van der Waals surface area contributed by atoms with Gasteiger partial charge in [-0.05, 0) is 66.8 Å². The van der Waals surface area contributed by atoms with Crippen LogP contribution in [0.2, 0.25) is 0 Å². The quantitative estimate of drug-likeness (QED) is 0.186. The van der Waals surface area contributed by atoms with Gasteiger partial charge >= 0.3 is 0 Å². The molecule has 0 aliphatic carbocycles. The smallest absolute Gasteiger partial charge is 0.242 e. The SMILES string of the molecule is COc1ccccc1-c1nnc(S[C@@H](C(=O)Nc2cc(C)cc(C)c2)c2ccccc2)n1CCc1ccccc1. The van der Waals surface area contributed by atoms with Crippen molar-refractivity contribution in [2.45, 2.75) is 37.2 Å². The molecule has 40 heavy (non-hydrogen) atoms. The number of rotatable bonds is 10. The van der Waals surface area contributed by atoms with Gasteiger partial charge in [-0.15, -0.1) is 10.2 Å². The number of benzene rings is 4. The van der Waals surface area contributed by atoms with Crippen LogP contribution in [0, 0.1) is 13.8 Å². The second-order valence-electron chi connectivity index (χ2n) is 9.67. The normalized spacial score (nSPS) is 11.7. The van der Waals surface area contributed by atoms with Crippen molar-refractivity contribution < 1.29 is 9.53 Å². The standard InChI is InChI=1S/C33H32N4O2S/c1-23-20-24(2)22-27(21-23)34-32(38)30(26-14-8-5-9-15-26)40-33-36-35-31(28-16-10-11-17-29(28)39-3)37(33)19-18-25-12-6-4-7-13-25/h4-17,20-22,30H,18-19H2,1-3H3,(H,34,38)/t30-/m1/s1. The molecule has 1 amide bonds. The maximum atomic E-state index is 13.8. The fourth-order valence-corrected chi connectivity index (χ4v) is 5.82. The van der Waals surface area contributed by atoms with Gasteiger partial charge in [-0.3, -0.25) is 4.79 Å². The Kier molecular flexibility index (Phi) is 8.62. The zero-order chi connectivity index (χ0) is 27.9. The van der Waals surface area contributed by atoms with E-state index >= 15 is 0 Å². The average molecular weight is 549 g/mol. The number of carbonyl (C=O) groups is 1. The number of hydrogen-bond donors (Lipinski definition) is 1. The fourth-order valence-electron chi connectivity index (χ4n) is 4.75. The molecule has 5 rings (SSSR count). The first-order valence-electron chi connectivity index (χ1n) is 13.2. The first-order valence-corrected chi connectivity index (χ1v) is 14.1. The molecule has 0 saturated carbocycles. The number of aromatic nitrogens is 3. The Morgan fingerprint density at radius 1 is 0.875 bits per heavy atom. The summed E-state index contributed by atoms with van der Waals surface area (Å²) in [4.78, 5) is 13.8. The third-order valence-corrected chi connectivity index (χ3v) is 7.82. The highest BCUT2D eigenvalue weighted by Gasteiger charge is 2.27. The van der Waals surface area contributed by atoms with Gasteiger partial charge in [-0.2, -0.15) is 0 Å². The summed E-state index contributed by atoms with van der Waals surface area (Å²) in [6.07, 6.45) is 0.791. The number of nitrogens with one attached hydrogen (secondary N) is 1. The van der Waals surface area contributed by atoms with E-state index in [0.717, 1.165) is 40.1 Å². The van der Waals surface area contributed by atoms with Gasteiger partial charge in [0.1, 0.15) is 11.0 Å². The van der Waals surface area contributed by atoms with E-state index in [1.165, 1.54) is 17.3 Å². The van der Waals surface area contributed by atoms with Crippen LogP contribution in [0.5, 0.6) is 5.75 Å². The summed E-state index contributed by atoms with van der Waals surface area (Å²) in [6.45, 7) is 4.70. The second kappa shape index (κ2) is 12.7. The minimum atomic E-state index is -0.535. The minimum absolute atomic E-state index is 0.113. The summed E-state index contributed by atoms with van der Waals surface area (Å²) >= 11 is 1.40. The molecule has 0 saturated heterocycles. The molecule has 0 fully saturated rings. The summed E-state index contributed by atoms with van der Waals surface area (Å²) in [5.74, 6) is 1.31. The maximum Gasteiger partial charge on any atom is 0.242 e. The van der Waals surface area contributed by atoms with Crippen LogP contribution < -0.4 is 10.1 Å². The predicted octanol–water partition coefficient (Wildman–Crippen LogP) is 7.29. The Bertz CT molecular complexity index is 1560. The molecular weight excluding hydrogens is 516 g/mol. The molecule has 1 heterocycles. The van der Waals surface area contributed by atoms with E-state index in [1.54, 1.807) is 7.11 Å². The van der Waals surface area contributed by atoms with Crippen molar-refractivity contribution in [2.75, 3.05) is 12.4 Å². The zero-order valence-corrected chi connectivity index (χ0v) is 23.7. The van der Waals surface area contributed by atoms with Crippen molar-refractivity contribution in [3.8, 4) is 17.1 Å².